The minimum atomic E-state index is -0.167. The standard InChI is InChI=1S/C5H6N2.C3H8O/c6-5-3-1-2-4-7-5;1-3(2)4/h1-4H,(H2,6,7);3-4H,1-2H3. The van der Waals surface area contributed by atoms with Crippen molar-refractivity contribution in [1.29, 1.82) is 0 Å². The Kier molecular flexibility index (Phi) is 5.11. The zero-order valence-corrected chi connectivity index (χ0v) is 6.86. The second kappa shape index (κ2) is 5.68. The third-order valence-corrected chi connectivity index (χ3v) is 0.688. The van der Waals surface area contributed by atoms with E-state index in [9.17, 15) is 0 Å². The van der Waals surface area contributed by atoms with Gasteiger partial charge in [-0.3, -0.25) is 0 Å². The highest BCUT2D eigenvalue weighted by atomic mass is 16.3. The van der Waals surface area contributed by atoms with Crippen LogP contribution in [0.4, 0.5) is 5.82 Å². The number of hydrogen-bond donors (Lipinski definition) is 2. The van der Waals surface area contributed by atoms with Crippen molar-refractivity contribution in [2.24, 2.45) is 0 Å². The van der Waals surface area contributed by atoms with Gasteiger partial charge in [0.15, 0.2) is 0 Å². The fourth-order valence-electron chi connectivity index (χ4n) is 0.376. The van der Waals surface area contributed by atoms with Crippen molar-refractivity contribution in [3.05, 3.63) is 24.4 Å². The molecule has 0 aromatic carbocycles. The molecule has 0 aliphatic rings. The Morgan fingerprint density at radius 2 is 2.00 bits per heavy atom. The van der Waals surface area contributed by atoms with Crippen LogP contribution in [0.25, 0.3) is 0 Å². The van der Waals surface area contributed by atoms with Crippen LogP contribution >= 0.6 is 0 Å². The first-order valence-corrected chi connectivity index (χ1v) is 3.47. The molecule has 0 saturated carbocycles. The molecular weight excluding hydrogens is 140 g/mol. The Balaban J connectivity index is 0.000000218. The van der Waals surface area contributed by atoms with Crippen molar-refractivity contribution >= 4 is 5.82 Å². The Morgan fingerprint density at radius 3 is 2.18 bits per heavy atom. The van der Waals surface area contributed by atoms with Crippen molar-refractivity contribution in [2.45, 2.75) is 20.0 Å². The molecule has 11 heavy (non-hydrogen) atoms. The predicted molar refractivity (Wildman–Crippen MR) is 46.0 cm³/mol. The average molecular weight is 154 g/mol. The zero-order chi connectivity index (χ0) is 8.69. The molecule has 3 N–H and O–H groups in total. The number of nitrogens with zero attached hydrogens (tertiary/aromatic N) is 1. The third kappa shape index (κ3) is 8.91. The maximum atomic E-state index is 8.06. The highest BCUT2D eigenvalue weighted by Gasteiger charge is 1.73. The van der Waals surface area contributed by atoms with Gasteiger partial charge in [0.1, 0.15) is 5.82 Å². The zero-order valence-electron chi connectivity index (χ0n) is 6.86. The van der Waals surface area contributed by atoms with Crippen molar-refractivity contribution in [1.82, 2.24) is 4.98 Å². The number of hydrogen-bond acceptors (Lipinski definition) is 3. The number of aromatic nitrogens is 1. The van der Waals surface area contributed by atoms with E-state index in [-0.39, 0.29) is 6.10 Å². The van der Waals surface area contributed by atoms with Crippen LogP contribution in [-0.2, 0) is 0 Å². The summed E-state index contributed by atoms with van der Waals surface area (Å²) in [6.45, 7) is 3.44. The summed E-state index contributed by atoms with van der Waals surface area (Å²) in [4.78, 5) is 3.76. The summed E-state index contributed by atoms with van der Waals surface area (Å²) in [6.07, 6.45) is 1.50. The van der Waals surface area contributed by atoms with Gasteiger partial charge in [-0.05, 0) is 26.0 Å². The van der Waals surface area contributed by atoms with Gasteiger partial charge in [-0.25, -0.2) is 4.98 Å². The van der Waals surface area contributed by atoms with Gasteiger partial charge in [-0.15, -0.1) is 0 Å². The van der Waals surface area contributed by atoms with E-state index in [4.69, 9.17) is 10.8 Å². The summed E-state index contributed by atoms with van der Waals surface area (Å²) in [6, 6.07) is 5.43. The largest absolute Gasteiger partial charge is 0.394 e. The number of aliphatic hydroxyl groups is 1. The van der Waals surface area contributed by atoms with Gasteiger partial charge in [-0.2, -0.15) is 0 Å². The van der Waals surface area contributed by atoms with Gasteiger partial charge >= 0.3 is 0 Å². The van der Waals surface area contributed by atoms with E-state index in [1.807, 2.05) is 12.1 Å². The second-order valence-corrected chi connectivity index (χ2v) is 2.35. The van der Waals surface area contributed by atoms with Gasteiger partial charge in [0, 0.05) is 12.3 Å². The molecule has 0 aliphatic carbocycles. The molecule has 1 rings (SSSR count). The minimum absolute atomic E-state index is 0.167. The molecule has 0 radical (unpaired) electrons. The van der Waals surface area contributed by atoms with E-state index in [0.717, 1.165) is 0 Å². The van der Waals surface area contributed by atoms with Crippen molar-refractivity contribution in [3.63, 3.8) is 0 Å². The molecule has 1 aromatic rings. The Morgan fingerprint density at radius 1 is 1.45 bits per heavy atom. The molecule has 3 heteroatoms. The number of nitrogen functional groups attached to an aromatic ring is 1. The lowest BCUT2D eigenvalue weighted by atomic mass is 10.5. The molecule has 0 unspecified atom stereocenters. The first-order valence-electron chi connectivity index (χ1n) is 3.47. The molecule has 62 valence electrons. The lowest BCUT2D eigenvalue weighted by Crippen LogP contribution is -1.85. The summed E-state index contributed by atoms with van der Waals surface area (Å²) >= 11 is 0. The molecule has 0 bridgehead atoms. The van der Waals surface area contributed by atoms with Crippen LogP contribution in [-0.4, -0.2) is 16.2 Å². The maximum Gasteiger partial charge on any atom is 0.123 e. The quantitative estimate of drug-likeness (QED) is 0.587. The summed E-state index contributed by atoms with van der Waals surface area (Å²) in [5, 5.41) is 8.06. The Labute approximate surface area is 66.9 Å². The molecule has 0 saturated heterocycles. The lowest BCUT2D eigenvalue weighted by molar-refractivity contribution is 0.216. The molecule has 1 aromatic heterocycles. The average Bonchev–Trinajstić information content (AvgIpc) is 1.87. The van der Waals surface area contributed by atoms with E-state index >= 15 is 0 Å². The topological polar surface area (TPSA) is 59.1 Å². The molecule has 0 amide bonds. The third-order valence-electron chi connectivity index (χ3n) is 0.688. The fourth-order valence-corrected chi connectivity index (χ4v) is 0.376. The first-order chi connectivity index (χ1) is 5.13. The van der Waals surface area contributed by atoms with Crippen LogP contribution in [0.5, 0.6) is 0 Å². The number of anilines is 1. The van der Waals surface area contributed by atoms with Crippen LogP contribution in [0.2, 0.25) is 0 Å². The van der Waals surface area contributed by atoms with Crippen LogP contribution < -0.4 is 5.73 Å². The highest BCUT2D eigenvalue weighted by molar-refractivity contribution is 5.25. The van der Waals surface area contributed by atoms with Crippen molar-refractivity contribution in [2.75, 3.05) is 5.73 Å². The highest BCUT2D eigenvalue weighted by Crippen LogP contribution is 1.89. The number of rotatable bonds is 0. The molecule has 0 aliphatic heterocycles. The summed E-state index contributed by atoms with van der Waals surface area (Å²) < 4.78 is 0. The van der Waals surface area contributed by atoms with Crippen molar-refractivity contribution < 1.29 is 5.11 Å². The number of nitrogens with two attached hydrogens (primary N) is 1. The SMILES string of the molecule is CC(C)O.Nc1ccccn1. The molecule has 1 heterocycles. The normalized spacial score (nSPS) is 8.73. The Bertz CT molecular complexity index is 172. The van der Waals surface area contributed by atoms with Gasteiger partial charge in [0.25, 0.3) is 0 Å². The fraction of sp³-hybridized carbons (Fsp3) is 0.375. The van der Waals surface area contributed by atoms with Crippen LogP contribution in [0, 0.1) is 0 Å². The summed E-state index contributed by atoms with van der Waals surface area (Å²) in [7, 11) is 0. The first kappa shape index (κ1) is 9.91. The van der Waals surface area contributed by atoms with Crippen LogP contribution in [0.3, 0.4) is 0 Å². The molecular formula is C8H14N2O. The van der Waals surface area contributed by atoms with Gasteiger partial charge in [0.2, 0.25) is 0 Å². The van der Waals surface area contributed by atoms with Crippen molar-refractivity contribution in [3.8, 4) is 0 Å². The summed E-state index contributed by atoms with van der Waals surface area (Å²) in [5.41, 5.74) is 5.25. The summed E-state index contributed by atoms with van der Waals surface area (Å²) in [5.74, 6) is 0.572. The predicted octanol–water partition coefficient (Wildman–Crippen LogP) is 1.05. The van der Waals surface area contributed by atoms with Crippen LogP contribution in [0.15, 0.2) is 24.4 Å². The van der Waals surface area contributed by atoms with E-state index in [0.29, 0.717) is 5.82 Å². The van der Waals surface area contributed by atoms with E-state index in [1.54, 1.807) is 26.1 Å². The van der Waals surface area contributed by atoms with Gasteiger partial charge in [0.05, 0.1) is 0 Å². The van der Waals surface area contributed by atoms with E-state index < -0.39 is 0 Å². The molecule has 0 fully saturated rings. The smallest absolute Gasteiger partial charge is 0.123 e. The molecule has 3 nitrogen and oxygen atoms in total. The maximum absolute atomic E-state index is 8.06. The van der Waals surface area contributed by atoms with Crippen LogP contribution in [0.1, 0.15) is 13.8 Å². The number of aliphatic hydroxyl groups excluding tert-OH is 1. The second-order valence-electron chi connectivity index (χ2n) is 2.35. The van der Waals surface area contributed by atoms with Gasteiger partial charge < -0.3 is 10.8 Å². The van der Waals surface area contributed by atoms with Gasteiger partial charge in [-0.1, -0.05) is 6.07 Å². The van der Waals surface area contributed by atoms with E-state index in [1.165, 1.54) is 0 Å². The Hall–Kier alpha value is -1.09. The molecule has 0 atom stereocenters. The minimum Gasteiger partial charge on any atom is -0.394 e. The molecule has 0 spiro atoms. The monoisotopic (exact) mass is 154 g/mol. The lowest BCUT2D eigenvalue weighted by Gasteiger charge is -1.82. The van der Waals surface area contributed by atoms with E-state index in [2.05, 4.69) is 4.98 Å². The number of pyridine rings is 1.